The molecule has 0 atom stereocenters. The first kappa shape index (κ1) is 16.5. The predicted octanol–water partition coefficient (Wildman–Crippen LogP) is 3.44. The summed E-state index contributed by atoms with van der Waals surface area (Å²) in [5.74, 6) is 0.726. The number of halogens is 2. The van der Waals surface area contributed by atoms with E-state index in [0.29, 0.717) is 24.7 Å². The Kier molecular flexibility index (Phi) is 5.14. The third-order valence-corrected chi connectivity index (χ3v) is 4.21. The number of alkyl halides is 2. The summed E-state index contributed by atoms with van der Waals surface area (Å²) in [7, 11) is 0. The average Bonchev–Trinajstić information content (AvgIpc) is 2.88. The van der Waals surface area contributed by atoms with Crippen molar-refractivity contribution in [3.05, 3.63) is 40.1 Å². The van der Waals surface area contributed by atoms with Gasteiger partial charge in [-0.1, -0.05) is 6.07 Å². The maximum absolute atomic E-state index is 12.3. The van der Waals surface area contributed by atoms with Crippen molar-refractivity contribution in [1.82, 2.24) is 5.32 Å². The topological polar surface area (TPSA) is 56.8 Å². The van der Waals surface area contributed by atoms with Crippen molar-refractivity contribution in [2.24, 2.45) is 0 Å². The van der Waals surface area contributed by atoms with Gasteiger partial charge in [-0.25, -0.2) is 0 Å². The Balaban J connectivity index is 1.64. The number of carbonyl (C=O) groups is 1. The number of thiophene rings is 1. The molecule has 1 N–H and O–H groups in total. The van der Waals surface area contributed by atoms with E-state index in [2.05, 4.69) is 10.1 Å². The van der Waals surface area contributed by atoms with E-state index in [1.165, 1.54) is 11.4 Å². The molecule has 24 heavy (non-hydrogen) atoms. The lowest BCUT2D eigenvalue weighted by molar-refractivity contribution is -0.0498. The van der Waals surface area contributed by atoms with Crippen LogP contribution in [0.3, 0.4) is 0 Å². The van der Waals surface area contributed by atoms with Crippen molar-refractivity contribution >= 4 is 17.2 Å². The molecule has 2 aromatic rings. The highest BCUT2D eigenvalue weighted by Gasteiger charge is 2.17. The number of rotatable bonds is 5. The van der Waals surface area contributed by atoms with Gasteiger partial charge < -0.3 is 19.5 Å². The van der Waals surface area contributed by atoms with Gasteiger partial charge in [-0.05, 0) is 29.1 Å². The number of benzene rings is 1. The second-order valence-electron chi connectivity index (χ2n) is 5.01. The van der Waals surface area contributed by atoms with Gasteiger partial charge in [0.05, 0.1) is 13.2 Å². The molecule has 0 aliphatic carbocycles. The van der Waals surface area contributed by atoms with Gasteiger partial charge in [0.1, 0.15) is 10.6 Å². The molecule has 1 aromatic carbocycles. The van der Waals surface area contributed by atoms with Crippen molar-refractivity contribution in [3.63, 3.8) is 0 Å². The Hall–Kier alpha value is -2.35. The number of amides is 1. The number of fused-ring (bicyclic) bond motifs is 1. The van der Waals surface area contributed by atoms with Crippen molar-refractivity contribution in [1.29, 1.82) is 0 Å². The Bertz CT molecular complexity index is 720. The standard InChI is InChI=1S/C16H15F2NO4S/c17-16(18)23-12-4-7-24-14(12)15(20)19-9-10-2-3-11-13(8-10)22-6-1-5-21-11/h2-4,7-8,16H,1,5-6,9H2,(H,19,20). The second-order valence-corrected chi connectivity index (χ2v) is 5.92. The maximum atomic E-state index is 12.3. The first-order valence-electron chi connectivity index (χ1n) is 7.32. The van der Waals surface area contributed by atoms with Gasteiger partial charge in [0, 0.05) is 13.0 Å². The summed E-state index contributed by atoms with van der Waals surface area (Å²) < 4.78 is 40.1. The zero-order chi connectivity index (χ0) is 16.9. The van der Waals surface area contributed by atoms with Gasteiger partial charge in [0.15, 0.2) is 11.5 Å². The molecule has 1 aromatic heterocycles. The SMILES string of the molecule is O=C(NCc1ccc2c(c1)OCCCO2)c1sccc1OC(F)F. The molecule has 0 radical (unpaired) electrons. The van der Waals surface area contributed by atoms with Crippen LogP contribution in [0.4, 0.5) is 8.78 Å². The minimum Gasteiger partial charge on any atom is -0.490 e. The van der Waals surface area contributed by atoms with Crippen molar-refractivity contribution in [2.45, 2.75) is 19.6 Å². The van der Waals surface area contributed by atoms with E-state index in [9.17, 15) is 13.6 Å². The molecule has 1 amide bonds. The maximum Gasteiger partial charge on any atom is 0.387 e. The molecule has 5 nitrogen and oxygen atoms in total. The summed E-state index contributed by atoms with van der Waals surface area (Å²) in [6, 6.07) is 6.75. The Morgan fingerprint density at radius 1 is 1.25 bits per heavy atom. The molecule has 0 saturated carbocycles. The molecule has 3 rings (SSSR count). The van der Waals surface area contributed by atoms with Crippen LogP contribution in [0.5, 0.6) is 17.2 Å². The van der Waals surface area contributed by atoms with E-state index in [0.717, 1.165) is 23.3 Å². The highest BCUT2D eigenvalue weighted by molar-refractivity contribution is 7.12. The number of ether oxygens (including phenoxy) is 3. The molecular formula is C16H15F2NO4S. The van der Waals surface area contributed by atoms with Gasteiger partial charge in [-0.3, -0.25) is 4.79 Å². The van der Waals surface area contributed by atoms with Crippen LogP contribution in [-0.2, 0) is 6.54 Å². The fourth-order valence-electron chi connectivity index (χ4n) is 2.23. The number of nitrogens with one attached hydrogen (secondary N) is 1. The molecule has 0 spiro atoms. The van der Waals surface area contributed by atoms with E-state index in [4.69, 9.17) is 9.47 Å². The fourth-order valence-corrected chi connectivity index (χ4v) is 2.97. The summed E-state index contributed by atoms with van der Waals surface area (Å²) >= 11 is 1.05. The third-order valence-electron chi connectivity index (χ3n) is 3.32. The van der Waals surface area contributed by atoms with Crippen LogP contribution in [0.15, 0.2) is 29.6 Å². The summed E-state index contributed by atoms with van der Waals surface area (Å²) in [6.45, 7) is -1.55. The summed E-state index contributed by atoms with van der Waals surface area (Å²) in [5.41, 5.74) is 0.820. The fraction of sp³-hybridized carbons (Fsp3) is 0.312. The number of hydrogen-bond acceptors (Lipinski definition) is 5. The van der Waals surface area contributed by atoms with Crippen LogP contribution in [0.2, 0.25) is 0 Å². The van der Waals surface area contributed by atoms with E-state index >= 15 is 0 Å². The predicted molar refractivity (Wildman–Crippen MR) is 84.2 cm³/mol. The molecule has 8 heteroatoms. The van der Waals surface area contributed by atoms with Gasteiger partial charge in [-0.2, -0.15) is 8.78 Å². The molecule has 1 aliphatic heterocycles. The van der Waals surface area contributed by atoms with Crippen LogP contribution in [0, 0.1) is 0 Å². The molecule has 1 aliphatic rings. The smallest absolute Gasteiger partial charge is 0.387 e. The van der Waals surface area contributed by atoms with Crippen LogP contribution >= 0.6 is 11.3 Å². The first-order valence-corrected chi connectivity index (χ1v) is 8.20. The van der Waals surface area contributed by atoms with Gasteiger partial charge in [0.2, 0.25) is 0 Å². The normalized spacial score (nSPS) is 13.5. The highest BCUT2D eigenvalue weighted by Crippen LogP contribution is 2.30. The molecule has 2 heterocycles. The van der Waals surface area contributed by atoms with E-state index in [-0.39, 0.29) is 17.2 Å². The summed E-state index contributed by atoms with van der Waals surface area (Å²) in [4.78, 5) is 12.3. The largest absolute Gasteiger partial charge is 0.490 e. The van der Waals surface area contributed by atoms with E-state index in [1.54, 1.807) is 12.1 Å². The molecule has 0 unspecified atom stereocenters. The van der Waals surface area contributed by atoms with Gasteiger partial charge in [0.25, 0.3) is 5.91 Å². The van der Waals surface area contributed by atoms with Crippen molar-refractivity contribution in [3.8, 4) is 17.2 Å². The van der Waals surface area contributed by atoms with Crippen molar-refractivity contribution < 1.29 is 27.8 Å². The lowest BCUT2D eigenvalue weighted by Gasteiger charge is -2.10. The second kappa shape index (κ2) is 7.48. The van der Waals surface area contributed by atoms with Crippen LogP contribution in [-0.4, -0.2) is 25.7 Å². The van der Waals surface area contributed by atoms with Gasteiger partial charge in [-0.15, -0.1) is 11.3 Å². The first-order chi connectivity index (χ1) is 11.6. The van der Waals surface area contributed by atoms with Crippen LogP contribution in [0.1, 0.15) is 21.7 Å². The quantitative estimate of drug-likeness (QED) is 0.893. The molecule has 0 saturated heterocycles. The third kappa shape index (κ3) is 3.94. The molecular weight excluding hydrogens is 340 g/mol. The summed E-state index contributed by atoms with van der Waals surface area (Å²) in [5, 5.41) is 4.22. The molecule has 128 valence electrons. The van der Waals surface area contributed by atoms with Gasteiger partial charge >= 0.3 is 6.61 Å². The Morgan fingerprint density at radius 2 is 2.04 bits per heavy atom. The zero-order valence-corrected chi connectivity index (χ0v) is 13.4. The minimum absolute atomic E-state index is 0.115. The van der Waals surface area contributed by atoms with Crippen LogP contribution < -0.4 is 19.5 Å². The van der Waals surface area contributed by atoms with E-state index < -0.39 is 12.5 Å². The molecule has 0 fully saturated rings. The monoisotopic (exact) mass is 355 g/mol. The lowest BCUT2D eigenvalue weighted by atomic mass is 10.2. The minimum atomic E-state index is -2.96. The number of carbonyl (C=O) groups excluding carboxylic acids is 1. The number of hydrogen-bond donors (Lipinski definition) is 1. The van der Waals surface area contributed by atoms with Crippen molar-refractivity contribution in [2.75, 3.05) is 13.2 Å². The van der Waals surface area contributed by atoms with Crippen LogP contribution in [0.25, 0.3) is 0 Å². The zero-order valence-electron chi connectivity index (χ0n) is 12.6. The molecule has 0 bridgehead atoms. The lowest BCUT2D eigenvalue weighted by Crippen LogP contribution is -2.22. The Morgan fingerprint density at radius 3 is 2.83 bits per heavy atom. The van der Waals surface area contributed by atoms with E-state index in [1.807, 2.05) is 6.07 Å². The Labute approximate surface area is 141 Å². The summed E-state index contributed by atoms with van der Waals surface area (Å²) in [6.07, 6.45) is 0.812. The average molecular weight is 355 g/mol. The highest BCUT2D eigenvalue weighted by atomic mass is 32.1.